The molecule has 0 unspecified atom stereocenters. The lowest BCUT2D eigenvalue weighted by molar-refractivity contribution is 0.470. The van der Waals surface area contributed by atoms with E-state index >= 15 is 0 Å². The van der Waals surface area contributed by atoms with Crippen molar-refractivity contribution in [2.45, 2.75) is 32.2 Å². The van der Waals surface area contributed by atoms with Crippen LogP contribution in [0.15, 0.2) is 55.4 Å². The molecule has 0 aliphatic carbocycles. The van der Waals surface area contributed by atoms with Crippen molar-refractivity contribution in [2.75, 3.05) is 18.0 Å². The third kappa shape index (κ3) is 3.40. The maximum Gasteiger partial charge on any atom is 0.112 e. The summed E-state index contributed by atoms with van der Waals surface area (Å²) in [5.41, 5.74) is 3.78. The number of pyridine rings is 2. The standard InChI is InChI=1S/C20H23N5/c1-16-13-22-8-4-19(16)24-10-5-18(6-11-24)20-23-9-12-25(20)15-17-3-2-7-21-14-17/h2-4,7-9,12-14,18H,5-6,10-11,15H2,1H3. The van der Waals surface area contributed by atoms with Crippen molar-refractivity contribution in [3.8, 4) is 0 Å². The zero-order valence-corrected chi connectivity index (χ0v) is 14.5. The molecule has 0 atom stereocenters. The minimum Gasteiger partial charge on any atom is -0.371 e. The van der Waals surface area contributed by atoms with Gasteiger partial charge in [0.15, 0.2) is 0 Å². The molecule has 3 aromatic heterocycles. The molecule has 1 aliphatic heterocycles. The maximum atomic E-state index is 4.67. The SMILES string of the molecule is Cc1cnccc1N1CCC(c2nccn2Cc2cccnc2)CC1. The van der Waals surface area contributed by atoms with Crippen molar-refractivity contribution in [1.82, 2.24) is 19.5 Å². The Morgan fingerprint density at radius 2 is 1.88 bits per heavy atom. The average Bonchev–Trinajstić information content (AvgIpc) is 3.11. The molecule has 1 saturated heterocycles. The first-order valence-electron chi connectivity index (χ1n) is 8.87. The van der Waals surface area contributed by atoms with Gasteiger partial charge < -0.3 is 9.47 Å². The molecule has 0 radical (unpaired) electrons. The summed E-state index contributed by atoms with van der Waals surface area (Å²) in [4.78, 5) is 15.6. The van der Waals surface area contributed by atoms with Gasteiger partial charge in [0.05, 0.1) is 6.54 Å². The lowest BCUT2D eigenvalue weighted by atomic mass is 9.95. The maximum absolute atomic E-state index is 4.67. The first-order chi connectivity index (χ1) is 12.3. The Hall–Kier alpha value is -2.69. The number of aryl methyl sites for hydroxylation is 1. The van der Waals surface area contributed by atoms with E-state index in [1.807, 2.05) is 37.1 Å². The molecular weight excluding hydrogens is 310 g/mol. The van der Waals surface area contributed by atoms with Crippen LogP contribution >= 0.6 is 0 Å². The summed E-state index contributed by atoms with van der Waals surface area (Å²) in [6.45, 7) is 5.10. The van der Waals surface area contributed by atoms with Crippen molar-refractivity contribution >= 4 is 5.69 Å². The van der Waals surface area contributed by atoms with Gasteiger partial charge >= 0.3 is 0 Å². The predicted molar refractivity (Wildman–Crippen MR) is 98.7 cm³/mol. The van der Waals surface area contributed by atoms with Crippen molar-refractivity contribution in [3.63, 3.8) is 0 Å². The summed E-state index contributed by atoms with van der Waals surface area (Å²) in [6, 6.07) is 6.23. The van der Waals surface area contributed by atoms with Gasteiger partial charge in [0.1, 0.15) is 5.82 Å². The fourth-order valence-corrected chi connectivity index (χ4v) is 3.70. The molecule has 5 heteroatoms. The highest BCUT2D eigenvalue weighted by Gasteiger charge is 2.24. The van der Waals surface area contributed by atoms with Crippen LogP contribution in [0.2, 0.25) is 0 Å². The molecule has 0 N–H and O–H groups in total. The van der Waals surface area contributed by atoms with E-state index in [-0.39, 0.29) is 0 Å². The highest BCUT2D eigenvalue weighted by atomic mass is 15.1. The van der Waals surface area contributed by atoms with Crippen molar-refractivity contribution in [3.05, 3.63) is 72.3 Å². The first-order valence-corrected chi connectivity index (χ1v) is 8.87. The van der Waals surface area contributed by atoms with Gasteiger partial charge in [-0.2, -0.15) is 0 Å². The van der Waals surface area contributed by atoms with E-state index in [1.54, 1.807) is 0 Å². The van der Waals surface area contributed by atoms with Crippen LogP contribution in [-0.2, 0) is 6.54 Å². The first kappa shape index (κ1) is 15.8. The Balaban J connectivity index is 1.45. The van der Waals surface area contributed by atoms with Gasteiger partial charge in [-0.25, -0.2) is 4.98 Å². The normalized spacial score (nSPS) is 15.5. The monoisotopic (exact) mass is 333 g/mol. The number of aromatic nitrogens is 4. The number of hydrogen-bond donors (Lipinski definition) is 0. The molecule has 128 valence electrons. The molecule has 0 aromatic carbocycles. The number of imidazole rings is 1. The van der Waals surface area contributed by atoms with E-state index in [4.69, 9.17) is 0 Å². The van der Waals surface area contributed by atoms with Crippen LogP contribution in [-0.4, -0.2) is 32.6 Å². The summed E-state index contributed by atoms with van der Waals surface area (Å²) in [5, 5.41) is 0. The topological polar surface area (TPSA) is 46.8 Å². The molecule has 4 rings (SSSR count). The Labute approximate surface area is 148 Å². The number of hydrogen-bond acceptors (Lipinski definition) is 4. The second kappa shape index (κ2) is 7.05. The molecule has 1 aliphatic rings. The predicted octanol–water partition coefficient (Wildman–Crippen LogP) is 3.41. The molecule has 3 aromatic rings. The van der Waals surface area contributed by atoms with Crippen LogP contribution < -0.4 is 4.90 Å². The molecule has 0 spiro atoms. The number of anilines is 1. The quantitative estimate of drug-likeness (QED) is 0.734. The van der Waals surface area contributed by atoms with E-state index in [1.165, 1.54) is 22.6 Å². The minimum absolute atomic E-state index is 0.519. The average molecular weight is 333 g/mol. The third-order valence-corrected chi connectivity index (χ3v) is 5.01. The summed E-state index contributed by atoms with van der Waals surface area (Å²) in [7, 11) is 0. The molecule has 0 amide bonds. The lowest BCUT2D eigenvalue weighted by Gasteiger charge is -2.34. The Morgan fingerprint density at radius 1 is 1.04 bits per heavy atom. The summed E-state index contributed by atoms with van der Waals surface area (Å²) >= 11 is 0. The second-order valence-electron chi connectivity index (χ2n) is 6.70. The molecule has 25 heavy (non-hydrogen) atoms. The smallest absolute Gasteiger partial charge is 0.112 e. The van der Waals surface area contributed by atoms with Gasteiger partial charge in [0.25, 0.3) is 0 Å². The Bertz CT molecular complexity index is 819. The molecule has 4 heterocycles. The summed E-state index contributed by atoms with van der Waals surface area (Å²) in [5.74, 6) is 1.72. The van der Waals surface area contributed by atoms with Gasteiger partial charge in [0, 0.05) is 61.9 Å². The summed E-state index contributed by atoms with van der Waals surface area (Å²) in [6.07, 6.45) is 13.8. The van der Waals surface area contributed by atoms with E-state index in [9.17, 15) is 0 Å². The molecule has 0 saturated carbocycles. The van der Waals surface area contributed by atoms with Gasteiger partial charge in [-0.3, -0.25) is 9.97 Å². The van der Waals surface area contributed by atoms with Crippen molar-refractivity contribution < 1.29 is 0 Å². The van der Waals surface area contributed by atoms with E-state index in [0.717, 1.165) is 32.5 Å². The van der Waals surface area contributed by atoms with E-state index < -0.39 is 0 Å². The van der Waals surface area contributed by atoms with Gasteiger partial charge in [-0.05, 0) is 43.0 Å². The fraction of sp³-hybridized carbons (Fsp3) is 0.350. The zero-order valence-electron chi connectivity index (χ0n) is 14.5. The largest absolute Gasteiger partial charge is 0.371 e. The van der Waals surface area contributed by atoms with Gasteiger partial charge in [-0.1, -0.05) is 6.07 Å². The van der Waals surface area contributed by atoms with Gasteiger partial charge in [-0.15, -0.1) is 0 Å². The van der Waals surface area contributed by atoms with Crippen LogP contribution in [0.3, 0.4) is 0 Å². The van der Waals surface area contributed by atoms with E-state index in [2.05, 4.69) is 49.7 Å². The summed E-state index contributed by atoms with van der Waals surface area (Å²) < 4.78 is 2.27. The number of nitrogens with zero attached hydrogens (tertiary/aromatic N) is 5. The van der Waals surface area contributed by atoms with E-state index in [0.29, 0.717) is 5.92 Å². The Morgan fingerprint density at radius 3 is 2.64 bits per heavy atom. The second-order valence-corrected chi connectivity index (χ2v) is 6.70. The fourth-order valence-electron chi connectivity index (χ4n) is 3.70. The zero-order chi connectivity index (χ0) is 17.1. The highest BCUT2D eigenvalue weighted by molar-refractivity contribution is 5.51. The minimum atomic E-state index is 0.519. The number of piperidine rings is 1. The van der Waals surface area contributed by atoms with Crippen LogP contribution in [0.4, 0.5) is 5.69 Å². The van der Waals surface area contributed by atoms with Crippen LogP contribution in [0, 0.1) is 6.92 Å². The molecule has 5 nitrogen and oxygen atoms in total. The number of rotatable bonds is 4. The molecular formula is C20H23N5. The van der Waals surface area contributed by atoms with Crippen molar-refractivity contribution in [2.24, 2.45) is 0 Å². The Kier molecular flexibility index (Phi) is 4.46. The molecule has 0 bridgehead atoms. The molecule has 1 fully saturated rings. The third-order valence-electron chi connectivity index (χ3n) is 5.01. The highest BCUT2D eigenvalue weighted by Crippen LogP contribution is 2.30. The van der Waals surface area contributed by atoms with Gasteiger partial charge in [0.2, 0.25) is 0 Å². The van der Waals surface area contributed by atoms with Crippen LogP contribution in [0.5, 0.6) is 0 Å². The van der Waals surface area contributed by atoms with Crippen LogP contribution in [0.25, 0.3) is 0 Å². The lowest BCUT2D eigenvalue weighted by Crippen LogP contribution is -2.34. The van der Waals surface area contributed by atoms with Crippen molar-refractivity contribution in [1.29, 1.82) is 0 Å². The van der Waals surface area contributed by atoms with Crippen LogP contribution in [0.1, 0.15) is 35.7 Å².